The lowest BCUT2D eigenvalue weighted by atomic mass is 9.94. The van der Waals surface area contributed by atoms with Gasteiger partial charge in [0.15, 0.2) is 0 Å². The summed E-state index contributed by atoms with van der Waals surface area (Å²) in [5.41, 5.74) is 3.34. The standard InChI is InChI=1S/C19H31O2P/c1-15-8-9-19(16(2)14-15)22(20-4)17(3)6-5-7-18-10-12-21-13-11-18/h8-9,14,17-18H,5-7,10-13H2,1-4H3. The van der Waals surface area contributed by atoms with Crippen LogP contribution in [-0.2, 0) is 9.26 Å². The first-order chi connectivity index (χ1) is 10.6. The number of hydrogen-bond acceptors (Lipinski definition) is 2. The summed E-state index contributed by atoms with van der Waals surface area (Å²) >= 11 is 0. The van der Waals surface area contributed by atoms with Gasteiger partial charge in [-0.25, -0.2) is 0 Å². The van der Waals surface area contributed by atoms with Crippen molar-refractivity contribution in [1.82, 2.24) is 0 Å². The van der Waals surface area contributed by atoms with Crippen LogP contribution < -0.4 is 5.30 Å². The molecule has 2 rings (SSSR count). The van der Waals surface area contributed by atoms with E-state index >= 15 is 0 Å². The summed E-state index contributed by atoms with van der Waals surface area (Å²) in [4.78, 5) is 0. The summed E-state index contributed by atoms with van der Waals surface area (Å²) in [7, 11) is 1.37. The normalized spacial score (nSPS) is 19.1. The fourth-order valence-electron chi connectivity index (χ4n) is 3.42. The van der Waals surface area contributed by atoms with Gasteiger partial charge in [-0.3, -0.25) is 0 Å². The van der Waals surface area contributed by atoms with E-state index < -0.39 is 8.15 Å². The number of benzene rings is 1. The molecule has 1 fully saturated rings. The molecule has 1 aliphatic heterocycles. The van der Waals surface area contributed by atoms with Crippen LogP contribution in [0.4, 0.5) is 0 Å². The molecule has 1 aliphatic rings. The van der Waals surface area contributed by atoms with Gasteiger partial charge in [-0.15, -0.1) is 0 Å². The summed E-state index contributed by atoms with van der Waals surface area (Å²) in [6.45, 7) is 8.66. The van der Waals surface area contributed by atoms with Crippen LogP contribution in [-0.4, -0.2) is 26.0 Å². The molecule has 1 saturated heterocycles. The molecule has 0 aliphatic carbocycles. The predicted molar refractivity (Wildman–Crippen MR) is 96.3 cm³/mol. The van der Waals surface area contributed by atoms with E-state index in [0.29, 0.717) is 5.66 Å². The van der Waals surface area contributed by atoms with Gasteiger partial charge >= 0.3 is 0 Å². The molecule has 1 aromatic rings. The van der Waals surface area contributed by atoms with Crippen molar-refractivity contribution in [1.29, 1.82) is 0 Å². The molecule has 0 bridgehead atoms. The molecule has 2 unspecified atom stereocenters. The third-order valence-corrected chi connectivity index (χ3v) is 7.19. The Morgan fingerprint density at radius 3 is 2.64 bits per heavy atom. The molecule has 1 heterocycles. The highest BCUT2D eigenvalue weighted by molar-refractivity contribution is 7.61. The highest BCUT2D eigenvalue weighted by Crippen LogP contribution is 2.44. The zero-order valence-corrected chi connectivity index (χ0v) is 15.5. The first kappa shape index (κ1) is 17.9. The molecule has 22 heavy (non-hydrogen) atoms. The van der Waals surface area contributed by atoms with Crippen LogP contribution in [0.3, 0.4) is 0 Å². The second kappa shape index (κ2) is 9.01. The van der Waals surface area contributed by atoms with Gasteiger partial charge in [0.05, 0.1) is 8.15 Å². The summed E-state index contributed by atoms with van der Waals surface area (Å²) in [5, 5.41) is 1.42. The molecular weight excluding hydrogens is 291 g/mol. The van der Waals surface area contributed by atoms with E-state index in [1.54, 1.807) is 0 Å². The molecule has 2 atom stereocenters. The third kappa shape index (κ3) is 5.05. The highest BCUT2D eigenvalue weighted by atomic mass is 31.1. The van der Waals surface area contributed by atoms with Gasteiger partial charge < -0.3 is 9.26 Å². The summed E-state index contributed by atoms with van der Waals surface area (Å²) in [6.07, 6.45) is 6.45. The van der Waals surface area contributed by atoms with Crippen molar-refractivity contribution in [2.24, 2.45) is 5.92 Å². The Morgan fingerprint density at radius 2 is 2.00 bits per heavy atom. The van der Waals surface area contributed by atoms with Gasteiger partial charge in [-0.1, -0.05) is 43.5 Å². The Morgan fingerprint density at radius 1 is 1.27 bits per heavy atom. The number of aryl methyl sites for hydroxylation is 2. The van der Waals surface area contributed by atoms with Crippen molar-refractivity contribution in [2.45, 2.75) is 58.5 Å². The number of rotatable bonds is 7. The van der Waals surface area contributed by atoms with E-state index in [1.165, 1.54) is 48.5 Å². The Balaban J connectivity index is 1.86. The van der Waals surface area contributed by atoms with E-state index in [1.807, 2.05) is 7.11 Å². The molecular formula is C19H31O2P. The van der Waals surface area contributed by atoms with Crippen LogP contribution in [0, 0.1) is 19.8 Å². The quantitative estimate of drug-likeness (QED) is 0.661. The number of hydrogen-bond donors (Lipinski definition) is 0. The van der Waals surface area contributed by atoms with Crippen molar-refractivity contribution in [3.8, 4) is 0 Å². The SMILES string of the molecule is COP(c1ccc(C)cc1C)C(C)CCCC1CCOCC1. The van der Waals surface area contributed by atoms with E-state index in [9.17, 15) is 0 Å². The zero-order chi connectivity index (χ0) is 15.9. The molecule has 2 nitrogen and oxygen atoms in total. The lowest BCUT2D eigenvalue weighted by Gasteiger charge is -2.26. The Kier molecular flexibility index (Phi) is 7.34. The molecule has 0 spiro atoms. The van der Waals surface area contributed by atoms with Gasteiger partial charge in [0.2, 0.25) is 0 Å². The molecule has 124 valence electrons. The molecule has 0 N–H and O–H groups in total. The molecule has 0 saturated carbocycles. The van der Waals surface area contributed by atoms with Crippen LogP contribution in [0.15, 0.2) is 18.2 Å². The van der Waals surface area contributed by atoms with Crippen LogP contribution >= 0.6 is 8.15 Å². The zero-order valence-electron chi connectivity index (χ0n) is 14.6. The summed E-state index contributed by atoms with van der Waals surface area (Å²) in [5.74, 6) is 0.885. The lowest BCUT2D eigenvalue weighted by Crippen LogP contribution is -2.17. The predicted octanol–water partition coefficient (Wildman–Crippen LogP) is 4.96. The van der Waals surface area contributed by atoms with Gasteiger partial charge in [0.1, 0.15) is 0 Å². The first-order valence-corrected chi connectivity index (χ1v) is 9.93. The van der Waals surface area contributed by atoms with Crippen molar-refractivity contribution in [3.05, 3.63) is 29.3 Å². The lowest BCUT2D eigenvalue weighted by molar-refractivity contribution is 0.0631. The van der Waals surface area contributed by atoms with E-state index in [0.717, 1.165) is 19.1 Å². The van der Waals surface area contributed by atoms with Gasteiger partial charge in [0, 0.05) is 31.3 Å². The smallest absolute Gasteiger partial charge is 0.0630 e. The van der Waals surface area contributed by atoms with Crippen molar-refractivity contribution < 1.29 is 9.26 Å². The maximum atomic E-state index is 5.91. The maximum Gasteiger partial charge on any atom is 0.0630 e. The fourth-order valence-corrected chi connectivity index (χ4v) is 5.50. The Hall–Kier alpha value is -0.430. The van der Waals surface area contributed by atoms with Gasteiger partial charge in [-0.2, -0.15) is 0 Å². The van der Waals surface area contributed by atoms with Gasteiger partial charge in [0.25, 0.3) is 0 Å². The first-order valence-electron chi connectivity index (χ1n) is 8.60. The Bertz CT molecular complexity index is 455. The van der Waals surface area contributed by atoms with Crippen molar-refractivity contribution >= 4 is 13.5 Å². The summed E-state index contributed by atoms with van der Waals surface area (Å²) < 4.78 is 11.4. The van der Waals surface area contributed by atoms with Crippen LogP contribution in [0.2, 0.25) is 0 Å². The fraction of sp³-hybridized carbons (Fsp3) is 0.684. The summed E-state index contributed by atoms with van der Waals surface area (Å²) in [6, 6.07) is 6.76. The Labute approximate surface area is 137 Å². The minimum absolute atomic E-state index is 0.502. The van der Waals surface area contributed by atoms with Crippen LogP contribution in [0.5, 0.6) is 0 Å². The average molecular weight is 322 g/mol. The minimum Gasteiger partial charge on any atom is -0.381 e. The van der Waals surface area contributed by atoms with E-state index in [2.05, 4.69) is 39.0 Å². The largest absolute Gasteiger partial charge is 0.381 e. The molecule has 0 radical (unpaired) electrons. The minimum atomic E-state index is -0.502. The second-order valence-electron chi connectivity index (χ2n) is 6.63. The molecule has 1 aromatic carbocycles. The van der Waals surface area contributed by atoms with Crippen LogP contribution in [0.25, 0.3) is 0 Å². The second-order valence-corrected chi connectivity index (χ2v) is 9.01. The average Bonchev–Trinajstić information content (AvgIpc) is 2.51. The molecule has 3 heteroatoms. The highest BCUT2D eigenvalue weighted by Gasteiger charge is 2.21. The van der Waals surface area contributed by atoms with E-state index in [-0.39, 0.29) is 0 Å². The van der Waals surface area contributed by atoms with E-state index in [4.69, 9.17) is 9.26 Å². The third-order valence-electron chi connectivity index (χ3n) is 4.76. The maximum absolute atomic E-state index is 5.91. The van der Waals surface area contributed by atoms with Gasteiger partial charge in [-0.05, 0) is 44.6 Å². The van der Waals surface area contributed by atoms with Crippen molar-refractivity contribution in [2.75, 3.05) is 20.3 Å². The van der Waals surface area contributed by atoms with Crippen molar-refractivity contribution in [3.63, 3.8) is 0 Å². The molecule has 0 aromatic heterocycles. The monoisotopic (exact) mass is 322 g/mol. The topological polar surface area (TPSA) is 18.5 Å². The van der Waals surface area contributed by atoms with Crippen LogP contribution in [0.1, 0.15) is 50.2 Å². The molecule has 0 amide bonds. The number of ether oxygens (including phenoxy) is 1.